The third-order valence-corrected chi connectivity index (χ3v) is 0.741. The van der Waals surface area contributed by atoms with E-state index in [0.29, 0.717) is 0 Å². The predicted molar refractivity (Wildman–Crippen MR) is 39.4 cm³/mol. The van der Waals surface area contributed by atoms with Crippen molar-refractivity contribution in [2.75, 3.05) is 0 Å². The lowest BCUT2D eigenvalue weighted by Crippen LogP contribution is -1.32. The lowest BCUT2D eigenvalue weighted by atomic mass is 10.7. The quantitative estimate of drug-likeness (QED) is 0.351. The number of hydrogen-bond donors (Lipinski definition) is 0. The molecular formula is C6H2S2. The van der Waals surface area contributed by atoms with Crippen LogP contribution in [0.3, 0.4) is 0 Å². The van der Waals surface area contributed by atoms with Gasteiger partial charge in [-0.1, -0.05) is 5.73 Å². The zero-order valence-corrected chi connectivity index (χ0v) is 5.66. The van der Waals surface area contributed by atoms with Gasteiger partial charge in [0.05, 0.1) is 0 Å². The van der Waals surface area contributed by atoms with E-state index >= 15 is 0 Å². The lowest BCUT2D eigenvalue weighted by Gasteiger charge is -1.34. The van der Waals surface area contributed by atoms with E-state index in [9.17, 15) is 0 Å². The summed E-state index contributed by atoms with van der Waals surface area (Å²) < 4.78 is 0. The Hall–Kier alpha value is -0.790. The third kappa shape index (κ3) is 5.21. The zero-order valence-electron chi connectivity index (χ0n) is 4.02. The molecule has 2 heteroatoms. The van der Waals surface area contributed by atoms with Crippen LogP contribution in [0.4, 0.5) is 0 Å². The molecule has 0 N–H and O–H groups in total. The van der Waals surface area contributed by atoms with Gasteiger partial charge in [0.2, 0.25) is 0 Å². The Balaban J connectivity index is 5.06. The smallest absolute Gasteiger partial charge is 0.0150 e. The van der Waals surface area contributed by atoms with Crippen LogP contribution in [-0.4, -0.2) is 5.02 Å². The van der Waals surface area contributed by atoms with Gasteiger partial charge >= 0.3 is 0 Å². The molecule has 38 valence electrons. The minimum absolute atomic E-state index is 1.02. The van der Waals surface area contributed by atoms with Crippen molar-refractivity contribution in [1.82, 2.24) is 0 Å². The van der Waals surface area contributed by atoms with Gasteiger partial charge < -0.3 is 0 Å². The SMILES string of the molecule is C=C=C=C=C=C=S=S. The second-order valence-corrected chi connectivity index (χ2v) is 1.61. The summed E-state index contributed by atoms with van der Waals surface area (Å²) in [6, 6.07) is 0. The van der Waals surface area contributed by atoms with Crippen LogP contribution < -0.4 is 0 Å². The van der Waals surface area contributed by atoms with Gasteiger partial charge in [-0.25, -0.2) is 0 Å². The van der Waals surface area contributed by atoms with Crippen LogP contribution in [0.5, 0.6) is 0 Å². The van der Waals surface area contributed by atoms with Gasteiger partial charge in [0.25, 0.3) is 0 Å². The van der Waals surface area contributed by atoms with E-state index in [2.05, 4.69) is 45.7 Å². The van der Waals surface area contributed by atoms with Crippen LogP contribution >= 0.6 is 0 Å². The molecule has 0 unspecified atom stereocenters. The van der Waals surface area contributed by atoms with Gasteiger partial charge in [-0.3, -0.25) is 0 Å². The molecule has 8 heavy (non-hydrogen) atoms. The van der Waals surface area contributed by atoms with E-state index in [1.807, 2.05) is 0 Å². The molecule has 0 bridgehead atoms. The van der Waals surface area contributed by atoms with E-state index in [1.54, 1.807) is 0 Å². The maximum absolute atomic E-state index is 4.44. The fraction of sp³-hybridized carbons (Fsp3) is 0. The Morgan fingerprint density at radius 1 is 1.25 bits per heavy atom. The average molecular weight is 138 g/mol. The van der Waals surface area contributed by atoms with Crippen molar-refractivity contribution in [2.45, 2.75) is 0 Å². The molecule has 0 aromatic heterocycles. The molecule has 0 atom stereocenters. The van der Waals surface area contributed by atoms with Gasteiger partial charge in [0.15, 0.2) is 0 Å². The van der Waals surface area contributed by atoms with Crippen molar-refractivity contribution in [3.05, 3.63) is 29.5 Å². The predicted octanol–water partition coefficient (Wildman–Crippen LogP) is 0.738. The standard InChI is InChI=1S/C6H2S2/c1-2-3-4-5-6-8-7/h1H2. The van der Waals surface area contributed by atoms with E-state index in [0.717, 1.165) is 9.91 Å². The van der Waals surface area contributed by atoms with Gasteiger partial charge in [0.1, 0.15) is 0 Å². The number of hydrogen-bond acceptors (Lipinski definition) is 1. The Labute approximate surface area is 56.1 Å². The summed E-state index contributed by atoms with van der Waals surface area (Å²) in [7, 11) is 1.02. The summed E-state index contributed by atoms with van der Waals surface area (Å²) >= 11 is 4.44. The molecule has 0 spiro atoms. The van der Waals surface area contributed by atoms with E-state index in [-0.39, 0.29) is 0 Å². The molecule has 0 nitrogen and oxygen atoms in total. The van der Waals surface area contributed by atoms with Crippen LogP contribution in [0.2, 0.25) is 0 Å². The normalized spacial score (nSPS) is 4.00. The van der Waals surface area contributed by atoms with Gasteiger partial charge in [-0.2, -0.15) is 0 Å². The van der Waals surface area contributed by atoms with Crippen LogP contribution in [0.1, 0.15) is 0 Å². The Morgan fingerprint density at radius 2 is 2.00 bits per heavy atom. The largest absolute Gasteiger partial charge is 0.0687 e. The second kappa shape index (κ2) is 6.21. The molecule has 0 saturated heterocycles. The molecule has 0 aromatic carbocycles. The van der Waals surface area contributed by atoms with E-state index in [4.69, 9.17) is 0 Å². The molecule has 0 aliphatic rings. The minimum atomic E-state index is 1.02. The molecule has 0 heterocycles. The van der Waals surface area contributed by atoms with Crippen LogP contribution in [0, 0.1) is 0 Å². The second-order valence-electron chi connectivity index (χ2n) is 0.737. The highest BCUT2D eigenvalue weighted by molar-refractivity contribution is 8.16. The van der Waals surface area contributed by atoms with E-state index in [1.165, 1.54) is 0 Å². The summed E-state index contributed by atoms with van der Waals surface area (Å²) in [5.74, 6) is 0. The van der Waals surface area contributed by atoms with Crippen molar-refractivity contribution in [3.63, 3.8) is 0 Å². The molecule has 0 rings (SSSR count). The van der Waals surface area contributed by atoms with Gasteiger partial charge in [0, 0.05) is 10.8 Å². The average Bonchev–Trinajstić information content (AvgIpc) is 1.81. The van der Waals surface area contributed by atoms with Crippen molar-refractivity contribution >= 4 is 26.1 Å². The Morgan fingerprint density at radius 3 is 2.50 bits per heavy atom. The molecule has 0 fully saturated rings. The van der Waals surface area contributed by atoms with Crippen molar-refractivity contribution in [3.8, 4) is 0 Å². The van der Waals surface area contributed by atoms with Crippen molar-refractivity contribution in [2.24, 2.45) is 0 Å². The number of rotatable bonds is 0. The van der Waals surface area contributed by atoms with Crippen LogP contribution in [-0.2, 0) is 21.1 Å². The molecule has 0 amide bonds. The van der Waals surface area contributed by atoms with Gasteiger partial charge in [-0.15, -0.1) is 0 Å². The first-order chi connectivity index (χ1) is 3.91. The topological polar surface area (TPSA) is 0 Å². The molecule has 0 radical (unpaired) electrons. The molecule has 0 aliphatic heterocycles. The third-order valence-electron chi connectivity index (χ3n) is 0.306. The summed E-state index contributed by atoms with van der Waals surface area (Å²) in [6.07, 6.45) is 0. The van der Waals surface area contributed by atoms with Crippen molar-refractivity contribution in [1.29, 1.82) is 0 Å². The maximum Gasteiger partial charge on any atom is 0.0150 e. The summed E-state index contributed by atoms with van der Waals surface area (Å²) in [5.41, 5.74) is 9.75. The first kappa shape index (κ1) is 7.21. The highest BCUT2D eigenvalue weighted by Crippen LogP contribution is 1.43. The fourth-order valence-electron chi connectivity index (χ4n) is 0.122. The van der Waals surface area contributed by atoms with Crippen molar-refractivity contribution < 1.29 is 0 Å². The first-order valence-electron chi connectivity index (χ1n) is 1.72. The lowest BCUT2D eigenvalue weighted by molar-refractivity contribution is 2.27. The minimum Gasteiger partial charge on any atom is -0.0687 e. The fourth-order valence-corrected chi connectivity index (χ4v) is 0.339. The molecular weight excluding hydrogens is 136 g/mol. The summed E-state index contributed by atoms with van der Waals surface area (Å²) in [5, 5.41) is 2.52. The zero-order chi connectivity index (χ0) is 6.24. The van der Waals surface area contributed by atoms with Gasteiger partial charge in [-0.05, 0) is 39.1 Å². The van der Waals surface area contributed by atoms with Crippen LogP contribution in [0.15, 0.2) is 29.5 Å². The highest BCUT2D eigenvalue weighted by atomic mass is 32.8. The van der Waals surface area contributed by atoms with E-state index < -0.39 is 0 Å². The Bertz CT molecular complexity index is 236. The van der Waals surface area contributed by atoms with Crippen LogP contribution in [0.25, 0.3) is 0 Å². The maximum atomic E-state index is 4.44. The first-order valence-corrected chi connectivity index (χ1v) is 3.47. The Kier molecular flexibility index (Phi) is 5.60. The summed E-state index contributed by atoms with van der Waals surface area (Å²) in [4.78, 5) is 0. The summed E-state index contributed by atoms with van der Waals surface area (Å²) in [6.45, 7) is 3.26. The molecule has 0 saturated carbocycles. The monoisotopic (exact) mass is 138 g/mol. The molecule has 0 aromatic rings. The molecule has 0 aliphatic carbocycles. The highest BCUT2D eigenvalue weighted by Gasteiger charge is 1.33.